The number of hydrogen-bond acceptors (Lipinski definition) is 5. The van der Waals surface area contributed by atoms with Gasteiger partial charge in [-0.15, -0.1) is 0 Å². The Morgan fingerprint density at radius 1 is 1.04 bits per heavy atom. The highest BCUT2D eigenvalue weighted by Gasteiger charge is 2.35. The number of rotatable bonds is 10. The number of carbonyl (C=O) groups excluding carboxylic acids is 1. The minimum Gasteiger partial charge on any atom is -0.465 e. The summed E-state index contributed by atoms with van der Waals surface area (Å²) in [5.74, 6) is -0.746. The van der Waals surface area contributed by atoms with E-state index in [1.807, 2.05) is 31.2 Å². The van der Waals surface area contributed by atoms with Crippen LogP contribution in [0.5, 0.6) is 0 Å². The van der Waals surface area contributed by atoms with Gasteiger partial charge < -0.3 is 9.47 Å². The van der Waals surface area contributed by atoms with Crippen molar-refractivity contribution in [3.05, 3.63) is 64.7 Å². The molecule has 28 heavy (non-hydrogen) atoms. The number of ether oxygens (including phenoxy) is 2. The minimum absolute atomic E-state index is 0.0374. The molecule has 0 fully saturated rings. The van der Waals surface area contributed by atoms with Crippen molar-refractivity contribution in [2.45, 2.75) is 36.8 Å². The van der Waals surface area contributed by atoms with Gasteiger partial charge in [-0.2, -0.15) is 0 Å². The van der Waals surface area contributed by atoms with E-state index in [1.54, 1.807) is 19.1 Å². The van der Waals surface area contributed by atoms with Crippen LogP contribution in [-0.2, 0) is 30.5 Å². The Labute approximate surface area is 171 Å². The van der Waals surface area contributed by atoms with E-state index in [1.165, 1.54) is 12.1 Å². The van der Waals surface area contributed by atoms with Crippen LogP contribution in [0.15, 0.2) is 53.4 Å². The molecule has 2 aromatic rings. The molecule has 152 valence electrons. The molecule has 0 saturated carbocycles. The van der Waals surface area contributed by atoms with Gasteiger partial charge in [0.1, 0.15) is 0 Å². The van der Waals surface area contributed by atoms with E-state index in [2.05, 4.69) is 0 Å². The molecule has 0 N–H and O–H groups in total. The van der Waals surface area contributed by atoms with Crippen LogP contribution >= 0.6 is 11.6 Å². The predicted molar refractivity (Wildman–Crippen MR) is 109 cm³/mol. The van der Waals surface area contributed by atoms with Gasteiger partial charge in [0.05, 0.1) is 18.1 Å². The lowest BCUT2D eigenvalue weighted by molar-refractivity contribution is -0.143. The molecule has 0 aliphatic carbocycles. The number of sulfone groups is 1. The van der Waals surface area contributed by atoms with Gasteiger partial charge in [-0.05, 0) is 56.5 Å². The van der Waals surface area contributed by atoms with Crippen molar-refractivity contribution < 1.29 is 22.7 Å². The number of hydrogen-bond donors (Lipinski definition) is 0. The molecule has 1 atom stereocenters. The SMILES string of the molecule is CCOC(=O)C(CCOCCc1ccc(Cl)cc1)S(=O)(=O)c1ccc(C)cc1. The van der Waals surface area contributed by atoms with Crippen LogP contribution in [0.3, 0.4) is 0 Å². The van der Waals surface area contributed by atoms with Crippen molar-refractivity contribution in [1.29, 1.82) is 0 Å². The fourth-order valence-electron chi connectivity index (χ4n) is 2.66. The summed E-state index contributed by atoms with van der Waals surface area (Å²) in [6.45, 7) is 4.20. The largest absolute Gasteiger partial charge is 0.465 e. The zero-order valence-corrected chi connectivity index (χ0v) is 17.6. The second kappa shape index (κ2) is 10.6. The first-order valence-corrected chi connectivity index (χ1v) is 11.1. The maximum atomic E-state index is 12.9. The second-order valence-corrected chi connectivity index (χ2v) is 8.94. The highest BCUT2D eigenvalue weighted by molar-refractivity contribution is 7.92. The predicted octanol–water partition coefficient (Wildman–Crippen LogP) is 4.00. The van der Waals surface area contributed by atoms with Crippen molar-refractivity contribution in [2.24, 2.45) is 0 Å². The normalized spacial score (nSPS) is 12.5. The second-order valence-electron chi connectivity index (χ2n) is 6.38. The lowest BCUT2D eigenvalue weighted by Crippen LogP contribution is -2.33. The lowest BCUT2D eigenvalue weighted by Gasteiger charge is -2.17. The van der Waals surface area contributed by atoms with Crippen LogP contribution in [-0.4, -0.2) is 39.5 Å². The van der Waals surface area contributed by atoms with Gasteiger partial charge in [0.15, 0.2) is 15.1 Å². The molecule has 0 spiro atoms. The van der Waals surface area contributed by atoms with Crippen LogP contribution in [0.25, 0.3) is 0 Å². The molecule has 0 heterocycles. The van der Waals surface area contributed by atoms with Gasteiger partial charge in [0.2, 0.25) is 0 Å². The molecule has 0 saturated heterocycles. The van der Waals surface area contributed by atoms with Crippen molar-refractivity contribution >= 4 is 27.4 Å². The van der Waals surface area contributed by atoms with E-state index in [0.717, 1.165) is 11.1 Å². The Morgan fingerprint density at radius 2 is 1.68 bits per heavy atom. The number of aryl methyl sites for hydroxylation is 1. The first kappa shape index (κ1) is 22.4. The molecule has 5 nitrogen and oxygen atoms in total. The quantitative estimate of drug-likeness (QED) is 0.426. The molecular weight excluding hydrogens is 400 g/mol. The van der Waals surface area contributed by atoms with Gasteiger partial charge in [-0.1, -0.05) is 41.4 Å². The van der Waals surface area contributed by atoms with Gasteiger partial charge in [0.25, 0.3) is 0 Å². The maximum absolute atomic E-state index is 12.9. The molecule has 0 aliphatic rings. The third-order valence-electron chi connectivity index (χ3n) is 4.25. The van der Waals surface area contributed by atoms with E-state index in [4.69, 9.17) is 21.1 Å². The topological polar surface area (TPSA) is 69.7 Å². The minimum atomic E-state index is -3.85. The van der Waals surface area contributed by atoms with Gasteiger partial charge in [0, 0.05) is 11.6 Å². The van der Waals surface area contributed by atoms with Crippen molar-refractivity contribution in [3.63, 3.8) is 0 Å². The van der Waals surface area contributed by atoms with E-state index >= 15 is 0 Å². The number of benzene rings is 2. The molecule has 0 bridgehead atoms. The smallest absolute Gasteiger partial charge is 0.324 e. The van der Waals surface area contributed by atoms with Crippen LogP contribution in [0.1, 0.15) is 24.5 Å². The fraction of sp³-hybridized carbons (Fsp3) is 0.381. The van der Waals surface area contributed by atoms with E-state index in [9.17, 15) is 13.2 Å². The van der Waals surface area contributed by atoms with Crippen LogP contribution in [0.2, 0.25) is 5.02 Å². The highest BCUT2D eigenvalue weighted by Crippen LogP contribution is 2.20. The Bertz CT molecular complexity index is 861. The zero-order valence-electron chi connectivity index (χ0n) is 16.1. The molecule has 7 heteroatoms. The highest BCUT2D eigenvalue weighted by atomic mass is 35.5. The lowest BCUT2D eigenvalue weighted by atomic mass is 10.2. The van der Waals surface area contributed by atoms with E-state index in [-0.39, 0.29) is 24.5 Å². The molecule has 0 aromatic heterocycles. The van der Waals surface area contributed by atoms with Gasteiger partial charge in [-0.3, -0.25) is 4.79 Å². The van der Waals surface area contributed by atoms with E-state index < -0.39 is 21.1 Å². The molecule has 0 radical (unpaired) electrons. The summed E-state index contributed by atoms with van der Waals surface area (Å²) in [6.07, 6.45) is 0.710. The van der Waals surface area contributed by atoms with Gasteiger partial charge >= 0.3 is 5.97 Å². The summed E-state index contributed by atoms with van der Waals surface area (Å²) < 4.78 is 36.4. The van der Waals surface area contributed by atoms with Crippen LogP contribution in [0.4, 0.5) is 0 Å². The summed E-state index contributed by atoms with van der Waals surface area (Å²) >= 11 is 5.86. The van der Waals surface area contributed by atoms with Crippen molar-refractivity contribution in [1.82, 2.24) is 0 Å². The molecule has 1 unspecified atom stereocenters. The first-order valence-electron chi connectivity index (χ1n) is 9.14. The average molecular weight is 425 g/mol. The third kappa shape index (κ3) is 6.33. The Morgan fingerprint density at radius 3 is 2.29 bits per heavy atom. The Balaban J connectivity index is 1.97. The summed E-state index contributed by atoms with van der Waals surface area (Å²) in [7, 11) is -3.85. The third-order valence-corrected chi connectivity index (χ3v) is 6.60. The summed E-state index contributed by atoms with van der Waals surface area (Å²) in [6, 6.07) is 13.9. The molecule has 2 rings (SSSR count). The monoisotopic (exact) mass is 424 g/mol. The number of esters is 1. The standard InChI is InChI=1S/C21H25ClO5S/c1-3-27-21(23)20(28(24,25)19-10-4-16(2)5-11-19)13-15-26-14-12-17-6-8-18(22)9-7-17/h4-11,20H,3,12-15H2,1-2H3. The Hall–Kier alpha value is -1.89. The van der Waals surface area contributed by atoms with Crippen LogP contribution in [0, 0.1) is 6.92 Å². The average Bonchev–Trinajstić information content (AvgIpc) is 2.66. The van der Waals surface area contributed by atoms with E-state index in [0.29, 0.717) is 18.1 Å². The first-order chi connectivity index (χ1) is 13.3. The molecule has 0 aliphatic heterocycles. The molecule has 0 amide bonds. The summed E-state index contributed by atoms with van der Waals surface area (Å²) in [5.41, 5.74) is 2.01. The number of halogens is 1. The number of carbonyl (C=O) groups is 1. The van der Waals surface area contributed by atoms with Gasteiger partial charge in [-0.25, -0.2) is 8.42 Å². The maximum Gasteiger partial charge on any atom is 0.324 e. The van der Waals surface area contributed by atoms with Crippen LogP contribution < -0.4 is 0 Å². The van der Waals surface area contributed by atoms with Crippen molar-refractivity contribution in [3.8, 4) is 0 Å². The van der Waals surface area contributed by atoms with Crippen molar-refractivity contribution in [2.75, 3.05) is 19.8 Å². The molecular formula is C21H25ClO5S. The Kier molecular flexibility index (Phi) is 8.48. The molecule has 2 aromatic carbocycles. The summed E-state index contributed by atoms with van der Waals surface area (Å²) in [4.78, 5) is 12.4. The summed E-state index contributed by atoms with van der Waals surface area (Å²) in [5, 5.41) is -0.617. The fourth-order valence-corrected chi connectivity index (χ4v) is 4.36. The zero-order chi connectivity index (χ0) is 20.6.